The van der Waals surface area contributed by atoms with Crippen molar-refractivity contribution in [2.75, 3.05) is 20.3 Å². The summed E-state index contributed by atoms with van der Waals surface area (Å²) in [5.41, 5.74) is 0.745. The van der Waals surface area contributed by atoms with Gasteiger partial charge >= 0.3 is 0 Å². The van der Waals surface area contributed by atoms with Gasteiger partial charge < -0.3 is 19.7 Å². The van der Waals surface area contributed by atoms with E-state index in [-0.39, 0.29) is 19.8 Å². The summed E-state index contributed by atoms with van der Waals surface area (Å²) in [6.45, 7) is -0.274. The van der Waals surface area contributed by atoms with Crippen LogP contribution in [0.15, 0.2) is 91.0 Å². The molecule has 3 aromatic rings. The molecule has 35 heavy (non-hydrogen) atoms. The van der Waals surface area contributed by atoms with Crippen LogP contribution in [0.25, 0.3) is 0 Å². The number of aliphatic hydroxyl groups is 2. The Balaban J connectivity index is 1.65. The highest BCUT2D eigenvalue weighted by atomic mass is 32.2. The molecular formula is C26H30N2O6S. The fraction of sp³-hybridized carbons (Fsp3) is 0.308. The van der Waals surface area contributed by atoms with E-state index >= 15 is 0 Å². The molecule has 1 aliphatic rings. The number of para-hydroxylation sites is 2. The first kappa shape index (κ1) is 25.2. The second-order valence-electron chi connectivity index (χ2n) is 8.42. The molecule has 2 unspecified atom stereocenters. The Labute approximate surface area is 206 Å². The van der Waals surface area contributed by atoms with Crippen molar-refractivity contribution in [3.8, 4) is 11.5 Å². The van der Waals surface area contributed by atoms with E-state index in [2.05, 4.69) is 0 Å². The van der Waals surface area contributed by atoms with Gasteiger partial charge in [-0.25, -0.2) is 0 Å². The fourth-order valence-corrected chi connectivity index (χ4v) is 5.79. The highest BCUT2D eigenvalue weighted by Gasteiger charge is 2.49. The van der Waals surface area contributed by atoms with Gasteiger partial charge in [0.15, 0.2) is 0 Å². The number of ether oxygens (including phenoxy) is 2. The third-order valence-corrected chi connectivity index (χ3v) is 8.14. The summed E-state index contributed by atoms with van der Waals surface area (Å²) in [4.78, 5) is 0. The van der Waals surface area contributed by atoms with Gasteiger partial charge in [-0.2, -0.15) is 17.0 Å². The van der Waals surface area contributed by atoms with Crippen LogP contribution in [0.2, 0.25) is 0 Å². The molecule has 1 saturated heterocycles. The van der Waals surface area contributed by atoms with Gasteiger partial charge in [0.25, 0.3) is 10.2 Å². The maximum atomic E-state index is 13.8. The van der Waals surface area contributed by atoms with Crippen LogP contribution in [-0.2, 0) is 16.8 Å². The molecule has 186 valence electrons. The molecule has 0 saturated carbocycles. The van der Waals surface area contributed by atoms with Crippen LogP contribution in [0.3, 0.4) is 0 Å². The Morgan fingerprint density at radius 3 is 1.66 bits per heavy atom. The first-order chi connectivity index (χ1) is 16.9. The van der Waals surface area contributed by atoms with Crippen LogP contribution in [0.5, 0.6) is 11.5 Å². The van der Waals surface area contributed by atoms with Crippen LogP contribution in [-0.4, -0.2) is 71.8 Å². The lowest BCUT2D eigenvalue weighted by Gasteiger charge is -2.32. The summed E-state index contributed by atoms with van der Waals surface area (Å²) in [5, 5.41) is 22.4. The lowest BCUT2D eigenvalue weighted by molar-refractivity contribution is -0.0539. The zero-order valence-corrected chi connectivity index (χ0v) is 20.2. The standard InChI is InChI=1S/C26H30N2O6S/c1-27-23(18-33-21-13-7-3-8-14-21)25(29)26(30)24(19-34-22-15-9-4-10-16-22)28(35(27,31)32)17-20-11-5-2-6-12-20/h2-16,23-26,29-30H,17-19H2,1H3/t23?,24-,25?,26+/m0/s1. The Kier molecular flexibility index (Phi) is 8.04. The topological polar surface area (TPSA) is 99.5 Å². The van der Waals surface area contributed by atoms with Crippen molar-refractivity contribution in [3.63, 3.8) is 0 Å². The largest absolute Gasteiger partial charge is 0.492 e. The van der Waals surface area contributed by atoms with Crippen LogP contribution in [0.1, 0.15) is 5.56 Å². The van der Waals surface area contributed by atoms with Crippen molar-refractivity contribution in [3.05, 3.63) is 96.6 Å². The molecule has 4 atom stereocenters. The molecule has 1 fully saturated rings. The van der Waals surface area contributed by atoms with Crippen molar-refractivity contribution in [1.29, 1.82) is 0 Å². The van der Waals surface area contributed by atoms with Crippen LogP contribution < -0.4 is 9.47 Å². The molecule has 0 aliphatic carbocycles. The predicted molar refractivity (Wildman–Crippen MR) is 132 cm³/mol. The van der Waals surface area contributed by atoms with Gasteiger partial charge in [-0.3, -0.25) is 0 Å². The van der Waals surface area contributed by atoms with Gasteiger partial charge in [-0.15, -0.1) is 0 Å². The average molecular weight is 499 g/mol. The summed E-state index contributed by atoms with van der Waals surface area (Å²) in [7, 11) is -2.73. The Bertz CT molecular complexity index is 1160. The molecule has 0 radical (unpaired) electrons. The number of aliphatic hydroxyl groups excluding tert-OH is 2. The maximum Gasteiger partial charge on any atom is 0.282 e. The van der Waals surface area contributed by atoms with Crippen LogP contribution >= 0.6 is 0 Å². The lowest BCUT2D eigenvalue weighted by Crippen LogP contribution is -2.52. The molecule has 9 heteroatoms. The van der Waals surface area contributed by atoms with E-state index in [0.29, 0.717) is 11.5 Å². The van der Waals surface area contributed by atoms with E-state index in [0.717, 1.165) is 9.87 Å². The SMILES string of the molecule is CN1C(COc2ccccc2)C(O)[C@H](O)[C@H](COc2ccccc2)N(Cc2ccccc2)S1(=O)=O. The summed E-state index contributed by atoms with van der Waals surface area (Å²) < 4.78 is 41.5. The van der Waals surface area contributed by atoms with Gasteiger partial charge in [-0.1, -0.05) is 66.7 Å². The van der Waals surface area contributed by atoms with E-state index in [1.807, 2.05) is 42.5 Å². The molecule has 0 bridgehead atoms. The van der Waals surface area contributed by atoms with E-state index in [1.165, 1.54) is 11.4 Å². The van der Waals surface area contributed by atoms with Gasteiger partial charge in [0.1, 0.15) is 36.9 Å². The summed E-state index contributed by atoms with van der Waals surface area (Å²) in [6.07, 6.45) is -2.84. The van der Waals surface area contributed by atoms with Crippen LogP contribution in [0.4, 0.5) is 0 Å². The highest BCUT2D eigenvalue weighted by molar-refractivity contribution is 7.86. The summed E-state index contributed by atoms with van der Waals surface area (Å²) >= 11 is 0. The van der Waals surface area contributed by atoms with Gasteiger partial charge in [-0.05, 0) is 29.8 Å². The number of hydrogen-bond acceptors (Lipinski definition) is 6. The van der Waals surface area contributed by atoms with Crippen molar-refractivity contribution < 1.29 is 28.1 Å². The molecular weight excluding hydrogens is 468 g/mol. The Morgan fingerprint density at radius 1 is 0.714 bits per heavy atom. The molecule has 2 N–H and O–H groups in total. The van der Waals surface area contributed by atoms with Gasteiger partial charge in [0, 0.05) is 13.6 Å². The molecule has 1 aliphatic heterocycles. The number of benzene rings is 3. The second kappa shape index (κ2) is 11.2. The molecule has 0 amide bonds. The van der Waals surface area contributed by atoms with Gasteiger partial charge in [0.2, 0.25) is 0 Å². The number of rotatable bonds is 8. The quantitative estimate of drug-likeness (QED) is 0.495. The average Bonchev–Trinajstić information content (AvgIpc) is 2.93. The molecule has 8 nitrogen and oxygen atoms in total. The zero-order valence-electron chi connectivity index (χ0n) is 19.4. The molecule has 4 rings (SSSR count). The van der Waals surface area contributed by atoms with Gasteiger partial charge in [0.05, 0.1) is 12.1 Å². The first-order valence-corrected chi connectivity index (χ1v) is 12.8. The van der Waals surface area contributed by atoms with Crippen molar-refractivity contribution >= 4 is 10.2 Å². The molecule has 0 aromatic heterocycles. The fourth-order valence-electron chi connectivity index (χ4n) is 4.09. The normalized spacial score (nSPS) is 25.0. The lowest BCUT2D eigenvalue weighted by atomic mass is 9.99. The minimum atomic E-state index is -4.12. The second-order valence-corrected chi connectivity index (χ2v) is 10.4. The summed E-state index contributed by atoms with van der Waals surface area (Å²) in [6, 6.07) is 24.9. The smallest absolute Gasteiger partial charge is 0.282 e. The number of nitrogens with zero attached hydrogens (tertiary/aromatic N) is 2. The van der Waals surface area contributed by atoms with Crippen molar-refractivity contribution in [2.45, 2.75) is 30.8 Å². The Morgan fingerprint density at radius 2 is 1.14 bits per heavy atom. The minimum absolute atomic E-state index is 0.00632. The van der Waals surface area contributed by atoms with E-state index in [9.17, 15) is 18.6 Å². The van der Waals surface area contributed by atoms with Crippen molar-refractivity contribution in [1.82, 2.24) is 8.61 Å². The first-order valence-electron chi connectivity index (χ1n) is 11.4. The van der Waals surface area contributed by atoms with Crippen molar-refractivity contribution in [2.24, 2.45) is 0 Å². The monoisotopic (exact) mass is 498 g/mol. The highest BCUT2D eigenvalue weighted by Crippen LogP contribution is 2.29. The molecule has 3 aromatic carbocycles. The summed E-state index contributed by atoms with van der Waals surface area (Å²) in [5.74, 6) is 1.07. The predicted octanol–water partition coefficient (Wildman–Crippen LogP) is 2.30. The third kappa shape index (κ3) is 5.83. The third-order valence-electron chi connectivity index (χ3n) is 6.14. The van der Waals surface area contributed by atoms with E-state index in [4.69, 9.17) is 9.47 Å². The number of likely N-dealkylation sites (N-methyl/N-ethyl adjacent to an activating group) is 1. The van der Waals surface area contributed by atoms with E-state index in [1.54, 1.807) is 48.5 Å². The molecule has 0 spiro atoms. The molecule has 1 heterocycles. The van der Waals surface area contributed by atoms with E-state index < -0.39 is 34.5 Å². The maximum absolute atomic E-state index is 13.8. The Hall–Kier alpha value is -2.95. The minimum Gasteiger partial charge on any atom is -0.492 e. The zero-order chi connectivity index (χ0) is 24.8. The number of hydrogen-bond donors (Lipinski definition) is 2. The van der Waals surface area contributed by atoms with Crippen LogP contribution in [0, 0.1) is 0 Å².